The Kier molecular flexibility index (Phi) is 6.21. The molecular formula is C45H29N. The molecule has 0 bridgehead atoms. The third-order valence-corrected chi connectivity index (χ3v) is 9.22. The Hall–Kier alpha value is -6.05. The van der Waals surface area contributed by atoms with Crippen LogP contribution in [0.2, 0.25) is 0 Å². The molecule has 9 rings (SSSR count). The number of fused-ring (bicyclic) bond motifs is 5. The number of hydrogen-bond acceptors (Lipinski definition) is 1. The lowest BCUT2D eigenvalue weighted by Gasteiger charge is -2.18. The molecule has 0 atom stereocenters. The van der Waals surface area contributed by atoms with Gasteiger partial charge in [0.15, 0.2) is 0 Å². The highest BCUT2D eigenvalue weighted by Gasteiger charge is 2.18. The molecule has 1 heterocycles. The molecule has 1 aromatic heterocycles. The van der Waals surface area contributed by atoms with Gasteiger partial charge in [0.2, 0.25) is 0 Å². The van der Waals surface area contributed by atoms with E-state index < -0.39 is 0 Å². The highest BCUT2D eigenvalue weighted by atomic mass is 14.7. The van der Waals surface area contributed by atoms with E-state index >= 15 is 0 Å². The normalized spacial score (nSPS) is 11.5. The van der Waals surface area contributed by atoms with Gasteiger partial charge in [-0.05, 0) is 83.9 Å². The van der Waals surface area contributed by atoms with Crippen molar-refractivity contribution in [3.05, 3.63) is 176 Å². The van der Waals surface area contributed by atoms with E-state index in [-0.39, 0.29) is 0 Å². The molecule has 8 aromatic carbocycles. The quantitative estimate of drug-likeness (QED) is 0.148. The minimum absolute atomic E-state index is 0.970. The summed E-state index contributed by atoms with van der Waals surface area (Å²) in [5.74, 6) is 0. The first-order valence-electron chi connectivity index (χ1n) is 15.8. The van der Waals surface area contributed by atoms with E-state index in [1.54, 1.807) is 0 Å². The minimum atomic E-state index is 0.970. The Morgan fingerprint density at radius 2 is 0.826 bits per heavy atom. The largest absolute Gasteiger partial charge is 0.248 e. The van der Waals surface area contributed by atoms with Crippen LogP contribution in [0.25, 0.3) is 87.9 Å². The molecule has 0 saturated heterocycles. The van der Waals surface area contributed by atoms with Crippen molar-refractivity contribution in [1.82, 2.24) is 4.98 Å². The van der Waals surface area contributed by atoms with Crippen LogP contribution in [0, 0.1) is 0 Å². The summed E-state index contributed by atoms with van der Waals surface area (Å²) in [4.78, 5) is 5.29. The highest BCUT2D eigenvalue weighted by Crippen LogP contribution is 2.44. The summed E-state index contributed by atoms with van der Waals surface area (Å²) in [6.45, 7) is 0. The van der Waals surface area contributed by atoms with Gasteiger partial charge in [-0.25, -0.2) is 4.98 Å². The second kappa shape index (κ2) is 10.8. The minimum Gasteiger partial charge on any atom is -0.248 e. The molecule has 9 aromatic rings. The first kappa shape index (κ1) is 26.4. The summed E-state index contributed by atoms with van der Waals surface area (Å²) in [7, 11) is 0. The fourth-order valence-corrected chi connectivity index (χ4v) is 7.19. The zero-order chi connectivity index (χ0) is 30.5. The Morgan fingerprint density at radius 1 is 0.326 bits per heavy atom. The summed E-state index contributed by atoms with van der Waals surface area (Å²) in [5, 5.41) is 8.66. The lowest BCUT2D eigenvalue weighted by atomic mass is 9.85. The monoisotopic (exact) mass is 583 g/mol. The van der Waals surface area contributed by atoms with Gasteiger partial charge in [-0.1, -0.05) is 158 Å². The van der Waals surface area contributed by atoms with Crippen molar-refractivity contribution in [2.45, 2.75) is 0 Å². The predicted octanol–water partition coefficient (Wildman–Crippen LogP) is 12.4. The molecule has 0 amide bonds. The van der Waals surface area contributed by atoms with Crippen LogP contribution in [0.3, 0.4) is 0 Å². The Bertz CT molecular complexity index is 2510. The number of rotatable bonds is 4. The van der Waals surface area contributed by atoms with E-state index in [2.05, 4.69) is 176 Å². The lowest BCUT2D eigenvalue weighted by molar-refractivity contribution is 1.40. The van der Waals surface area contributed by atoms with E-state index in [1.807, 2.05) is 0 Å². The molecule has 0 N–H and O–H groups in total. The van der Waals surface area contributed by atoms with Crippen molar-refractivity contribution >= 4 is 43.2 Å². The van der Waals surface area contributed by atoms with Gasteiger partial charge in [0.05, 0.1) is 11.2 Å². The second-order valence-electron chi connectivity index (χ2n) is 11.9. The van der Waals surface area contributed by atoms with Crippen LogP contribution < -0.4 is 0 Å². The maximum absolute atomic E-state index is 5.29. The molecule has 1 nitrogen and oxygen atoms in total. The van der Waals surface area contributed by atoms with Gasteiger partial charge in [-0.2, -0.15) is 0 Å². The molecular weight excluding hydrogens is 555 g/mol. The standard InChI is InChI=1S/C45H29N/c1-3-14-30(15-4-1)40-29-42(46-41-27-26-31-16-7-8-21-35(31)45(40)41)33-19-13-20-34(28-33)44-38-24-11-9-22-36(38)43(32-17-5-2-6-18-32)37-23-10-12-25-39(37)44/h1-29H. The number of nitrogens with zero attached hydrogens (tertiary/aromatic N) is 1. The van der Waals surface area contributed by atoms with Crippen molar-refractivity contribution in [3.63, 3.8) is 0 Å². The number of hydrogen-bond donors (Lipinski definition) is 0. The van der Waals surface area contributed by atoms with E-state index in [9.17, 15) is 0 Å². The van der Waals surface area contributed by atoms with E-state index in [0.29, 0.717) is 0 Å². The van der Waals surface area contributed by atoms with Crippen molar-refractivity contribution < 1.29 is 0 Å². The van der Waals surface area contributed by atoms with Gasteiger partial charge in [0, 0.05) is 10.9 Å². The summed E-state index contributed by atoms with van der Waals surface area (Å²) < 4.78 is 0. The molecule has 1 heteroatoms. The molecule has 0 aliphatic carbocycles. The lowest BCUT2D eigenvalue weighted by Crippen LogP contribution is -1.93. The summed E-state index contributed by atoms with van der Waals surface area (Å²) in [5.41, 5.74) is 10.4. The maximum Gasteiger partial charge on any atom is 0.0722 e. The van der Waals surface area contributed by atoms with Crippen molar-refractivity contribution in [2.75, 3.05) is 0 Å². The first-order valence-corrected chi connectivity index (χ1v) is 15.8. The number of pyridine rings is 1. The molecule has 0 unspecified atom stereocenters. The average molecular weight is 584 g/mol. The van der Waals surface area contributed by atoms with Crippen molar-refractivity contribution in [1.29, 1.82) is 0 Å². The van der Waals surface area contributed by atoms with Gasteiger partial charge in [0.25, 0.3) is 0 Å². The maximum atomic E-state index is 5.29. The summed E-state index contributed by atoms with van der Waals surface area (Å²) >= 11 is 0. The topological polar surface area (TPSA) is 12.9 Å². The fraction of sp³-hybridized carbons (Fsp3) is 0. The molecule has 0 fully saturated rings. The molecule has 0 radical (unpaired) electrons. The van der Waals surface area contributed by atoms with E-state index in [0.717, 1.165) is 16.8 Å². The Morgan fingerprint density at radius 3 is 1.48 bits per heavy atom. The van der Waals surface area contributed by atoms with Gasteiger partial charge < -0.3 is 0 Å². The first-order chi connectivity index (χ1) is 22.8. The van der Waals surface area contributed by atoms with E-state index in [4.69, 9.17) is 4.98 Å². The molecule has 0 aliphatic heterocycles. The smallest absolute Gasteiger partial charge is 0.0722 e. The molecule has 0 aliphatic rings. The molecule has 46 heavy (non-hydrogen) atoms. The summed E-state index contributed by atoms with van der Waals surface area (Å²) in [6, 6.07) is 63.3. The second-order valence-corrected chi connectivity index (χ2v) is 11.9. The van der Waals surface area contributed by atoms with Crippen LogP contribution in [0.4, 0.5) is 0 Å². The van der Waals surface area contributed by atoms with Crippen LogP contribution in [-0.2, 0) is 0 Å². The van der Waals surface area contributed by atoms with Crippen LogP contribution >= 0.6 is 0 Å². The van der Waals surface area contributed by atoms with E-state index in [1.165, 1.54) is 71.1 Å². The molecule has 214 valence electrons. The highest BCUT2D eigenvalue weighted by molar-refractivity contribution is 6.21. The zero-order valence-electron chi connectivity index (χ0n) is 25.2. The van der Waals surface area contributed by atoms with Crippen LogP contribution in [-0.4, -0.2) is 4.98 Å². The van der Waals surface area contributed by atoms with Gasteiger partial charge >= 0.3 is 0 Å². The third kappa shape index (κ3) is 4.29. The predicted molar refractivity (Wildman–Crippen MR) is 196 cm³/mol. The third-order valence-electron chi connectivity index (χ3n) is 9.22. The number of benzene rings is 8. The average Bonchev–Trinajstić information content (AvgIpc) is 3.14. The Labute approximate surface area is 268 Å². The zero-order valence-corrected chi connectivity index (χ0v) is 25.2. The Balaban J connectivity index is 1.30. The van der Waals surface area contributed by atoms with Crippen LogP contribution in [0.1, 0.15) is 0 Å². The number of aromatic nitrogens is 1. The van der Waals surface area contributed by atoms with Gasteiger partial charge in [0.1, 0.15) is 0 Å². The SMILES string of the molecule is c1ccc(-c2c3ccccc3c(-c3cccc(-c4cc(-c5ccccc5)c5c(ccc6ccccc65)n4)c3)c3ccccc23)cc1. The van der Waals surface area contributed by atoms with Crippen LogP contribution in [0.5, 0.6) is 0 Å². The summed E-state index contributed by atoms with van der Waals surface area (Å²) in [6.07, 6.45) is 0. The van der Waals surface area contributed by atoms with Crippen molar-refractivity contribution in [2.24, 2.45) is 0 Å². The van der Waals surface area contributed by atoms with Crippen molar-refractivity contribution in [3.8, 4) is 44.6 Å². The van der Waals surface area contributed by atoms with Crippen LogP contribution in [0.15, 0.2) is 176 Å². The molecule has 0 spiro atoms. The van der Waals surface area contributed by atoms with Gasteiger partial charge in [-0.15, -0.1) is 0 Å². The fourth-order valence-electron chi connectivity index (χ4n) is 7.19. The van der Waals surface area contributed by atoms with Gasteiger partial charge in [-0.3, -0.25) is 0 Å². The molecule has 0 saturated carbocycles.